The topological polar surface area (TPSA) is 0 Å². The first kappa shape index (κ1) is 12.6. The highest BCUT2D eigenvalue weighted by Crippen LogP contribution is 2.16. The molecule has 0 aromatic heterocycles. The van der Waals surface area contributed by atoms with Crippen LogP contribution in [-0.4, -0.2) is 0 Å². The Morgan fingerprint density at radius 3 is 2.17 bits per heavy atom. The molecule has 0 bridgehead atoms. The highest BCUT2D eigenvalue weighted by molar-refractivity contribution is 5.71. The average Bonchev–Trinajstić information content (AvgIpc) is 2.38. The third-order valence-corrected chi connectivity index (χ3v) is 3.21. The van der Waals surface area contributed by atoms with Gasteiger partial charge in [-0.2, -0.15) is 0 Å². The van der Waals surface area contributed by atoms with Gasteiger partial charge < -0.3 is 0 Å². The summed E-state index contributed by atoms with van der Waals surface area (Å²) in [7, 11) is 0. The molecule has 0 nitrogen and oxygen atoms in total. The van der Waals surface area contributed by atoms with Crippen LogP contribution in [0.15, 0.2) is 42.5 Å². The van der Waals surface area contributed by atoms with Crippen LogP contribution < -0.4 is 0 Å². The molecule has 0 unspecified atom stereocenters. The summed E-state index contributed by atoms with van der Waals surface area (Å²) in [6.45, 7) is 6.46. The molecular weight excluding hydrogens is 216 g/mol. The Kier molecular flexibility index (Phi) is 3.99. The molecule has 2 rings (SSSR count). The molecule has 0 fully saturated rings. The summed E-state index contributed by atoms with van der Waals surface area (Å²) < 4.78 is 0. The summed E-state index contributed by atoms with van der Waals surface area (Å²) in [5.41, 5.74) is 6.61. The van der Waals surface area contributed by atoms with E-state index in [1.807, 2.05) is 0 Å². The predicted molar refractivity (Wildman–Crippen MR) is 80.7 cm³/mol. The van der Waals surface area contributed by atoms with E-state index in [4.69, 9.17) is 0 Å². The fraction of sp³-hybridized carbons (Fsp3) is 0.222. The molecule has 0 atom stereocenters. The second-order valence-electron chi connectivity index (χ2n) is 4.80. The van der Waals surface area contributed by atoms with Gasteiger partial charge in [0.15, 0.2) is 0 Å². The molecule has 92 valence electrons. The molecule has 18 heavy (non-hydrogen) atoms. The Labute approximate surface area is 110 Å². The number of hydrogen-bond donors (Lipinski definition) is 0. The maximum atomic E-state index is 2.25. The molecule has 0 saturated heterocycles. The summed E-state index contributed by atoms with van der Waals surface area (Å²) in [6, 6.07) is 15.3. The Morgan fingerprint density at radius 1 is 0.833 bits per heavy atom. The van der Waals surface area contributed by atoms with Crippen molar-refractivity contribution in [2.75, 3.05) is 0 Å². The molecule has 0 N–H and O–H groups in total. The maximum absolute atomic E-state index is 2.25. The molecular formula is C18H20. The predicted octanol–water partition coefficient (Wildman–Crippen LogP) is 5.04. The smallest absolute Gasteiger partial charge is 0.0222 e. The van der Waals surface area contributed by atoms with Crippen molar-refractivity contribution in [3.05, 3.63) is 70.3 Å². The molecule has 2 aromatic carbocycles. The van der Waals surface area contributed by atoms with E-state index in [0.29, 0.717) is 0 Å². The lowest BCUT2D eigenvalue weighted by atomic mass is 10.0. The van der Waals surface area contributed by atoms with Crippen LogP contribution in [0.2, 0.25) is 0 Å². The lowest BCUT2D eigenvalue weighted by molar-refractivity contribution is 1.13. The van der Waals surface area contributed by atoms with E-state index in [-0.39, 0.29) is 0 Å². The van der Waals surface area contributed by atoms with Gasteiger partial charge in [0.05, 0.1) is 0 Å². The molecule has 2 aromatic rings. The van der Waals surface area contributed by atoms with Crippen LogP contribution in [0.25, 0.3) is 12.2 Å². The zero-order chi connectivity index (χ0) is 13.0. The van der Waals surface area contributed by atoms with E-state index < -0.39 is 0 Å². The quantitative estimate of drug-likeness (QED) is 0.655. The Morgan fingerprint density at radius 2 is 1.50 bits per heavy atom. The molecule has 0 heterocycles. The van der Waals surface area contributed by atoms with Crippen molar-refractivity contribution in [1.82, 2.24) is 0 Å². The highest BCUT2D eigenvalue weighted by Gasteiger charge is 1.97. The van der Waals surface area contributed by atoms with E-state index in [2.05, 4.69) is 75.4 Å². The second-order valence-corrected chi connectivity index (χ2v) is 4.80. The van der Waals surface area contributed by atoms with Gasteiger partial charge in [0.1, 0.15) is 0 Å². The zero-order valence-electron chi connectivity index (χ0n) is 11.4. The molecule has 0 amide bonds. The van der Waals surface area contributed by atoms with Crippen LogP contribution in [0, 0.1) is 13.8 Å². The van der Waals surface area contributed by atoms with Crippen LogP contribution in [-0.2, 0) is 6.42 Å². The highest BCUT2D eigenvalue weighted by atomic mass is 14.0. The van der Waals surface area contributed by atoms with Crippen molar-refractivity contribution in [3.8, 4) is 0 Å². The number of rotatable bonds is 3. The number of benzene rings is 2. The lowest BCUT2D eigenvalue weighted by Gasteiger charge is -2.04. The Balaban J connectivity index is 2.27. The van der Waals surface area contributed by atoms with Gasteiger partial charge >= 0.3 is 0 Å². The van der Waals surface area contributed by atoms with Gasteiger partial charge in [0.2, 0.25) is 0 Å². The largest absolute Gasteiger partial charge is 0.0613 e. The number of hydrogen-bond acceptors (Lipinski definition) is 0. The molecule has 0 aliphatic heterocycles. The summed E-state index contributed by atoms with van der Waals surface area (Å²) >= 11 is 0. The average molecular weight is 236 g/mol. The SMILES string of the molecule is CCc1ccc(C)cc1/C=C/c1ccc(C)cc1. The molecule has 0 spiro atoms. The minimum atomic E-state index is 1.08. The molecule has 0 aliphatic carbocycles. The van der Waals surface area contributed by atoms with E-state index in [1.165, 1.54) is 27.8 Å². The fourth-order valence-electron chi connectivity index (χ4n) is 2.06. The molecule has 0 heteroatoms. The van der Waals surface area contributed by atoms with Crippen LogP contribution in [0.4, 0.5) is 0 Å². The van der Waals surface area contributed by atoms with Gasteiger partial charge in [0.25, 0.3) is 0 Å². The normalized spacial score (nSPS) is 11.1. The first-order valence-corrected chi connectivity index (χ1v) is 6.53. The van der Waals surface area contributed by atoms with Gasteiger partial charge in [-0.1, -0.05) is 72.7 Å². The van der Waals surface area contributed by atoms with Crippen LogP contribution >= 0.6 is 0 Å². The van der Waals surface area contributed by atoms with Crippen molar-refractivity contribution in [2.24, 2.45) is 0 Å². The van der Waals surface area contributed by atoms with Crippen molar-refractivity contribution >= 4 is 12.2 Å². The fourth-order valence-corrected chi connectivity index (χ4v) is 2.06. The Bertz CT molecular complexity index is 545. The van der Waals surface area contributed by atoms with Crippen molar-refractivity contribution < 1.29 is 0 Å². The Hall–Kier alpha value is -1.82. The lowest BCUT2D eigenvalue weighted by Crippen LogP contribution is -1.87. The molecule has 0 saturated carbocycles. The first-order valence-electron chi connectivity index (χ1n) is 6.53. The summed E-state index contributed by atoms with van der Waals surface area (Å²) in [4.78, 5) is 0. The monoisotopic (exact) mass is 236 g/mol. The third kappa shape index (κ3) is 3.10. The third-order valence-electron chi connectivity index (χ3n) is 3.21. The van der Waals surface area contributed by atoms with Crippen molar-refractivity contribution in [3.63, 3.8) is 0 Å². The van der Waals surface area contributed by atoms with Crippen molar-refractivity contribution in [2.45, 2.75) is 27.2 Å². The summed E-state index contributed by atoms with van der Waals surface area (Å²) in [5.74, 6) is 0. The van der Waals surface area contributed by atoms with Crippen molar-refractivity contribution in [1.29, 1.82) is 0 Å². The minimum Gasteiger partial charge on any atom is -0.0613 e. The molecule has 0 radical (unpaired) electrons. The summed E-state index contributed by atoms with van der Waals surface area (Å²) in [6.07, 6.45) is 5.48. The number of aryl methyl sites for hydroxylation is 3. The first-order chi connectivity index (χ1) is 8.69. The van der Waals surface area contributed by atoms with E-state index in [0.717, 1.165) is 6.42 Å². The van der Waals surface area contributed by atoms with E-state index in [9.17, 15) is 0 Å². The zero-order valence-corrected chi connectivity index (χ0v) is 11.4. The van der Waals surface area contributed by atoms with Gasteiger partial charge in [-0.05, 0) is 37.0 Å². The minimum absolute atomic E-state index is 1.08. The van der Waals surface area contributed by atoms with Gasteiger partial charge in [-0.15, -0.1) is 0 Å². The maximum Gasteiger partial charge on any atom is -0.0222 e. The standard InChI is InChI=1S/C18H20/c1-4-17-11-7-15(3)13-18(17)12-10-16-8-5-14(2)6-9-16/h5-13H,4H2,1-3H3/b12-10+. The van der Waals surface area contributed by atoms with E-state index >= 15 is 0 Å². The second kappa shape index (κ2) is 5.68. The van der Waals surface area contributed by atoms with E-state index in [1.54, 1.807) is 0 Å². The van der Waals surface area contributed by atoms with Crippen LogP contribution in [0.5, 0.6) is 0 Å². The molecule has 0 aliphatic rings. The van der Waals surface area contributed by atoms with Crippen LogP contribution in [0.3, 0.4) is 0 Å². The van der Waals surface area contributed by atoms with Gasteiger partial charge in [-0.3, -0.25) is 0 Å². The van der Waals surface area contributed by atoms with Crippen LogP contribution in [0.1, 0.15) is 34.7 Å². The van der Waals surface area contributed by atoms with Gasteiger partial charge in [-0.25, -0.2) is 0 Å². The van der Waals surface area contributed by atoms with Gasteiger partial charge in [0, 0.05) is 0 Å². The summed E-state index contributed by atoms with van der Waals surface area (Å²) in [5, 5.41) is 0.